The number of ketones is 1. The van der Waals surface area contributed by atoms with Crippen LogP contribution in [0.1, 0.15) is 36.2 Å². The number of Topliss-reactive ketones (excluding diaryl/α,β-unsaturated/α-hetero) is 1. The van der Waals surface area contributed by atoms with Crippen molar-refractivity contribution in [1.82, 2.24) is 0 Å². The van der Waals surface area contributed by atoms with Gasteiger partial charge in [-0.05, 0) is 26.0 Å². The molecule has 2 N–H and O–H groups in total. The zero-order valence-corrected chi connectivity index (χ0v) is 9.94. The van der Waals surface area contributed by atoms with E-state index in [0.717, 1.165) is 6.07 Å². The van der Waals surface area contributed by atoms with Crippen LogP contribution in [0.4, 0.5) is 17.6 Å². The van der Waals surface area contributed by atoms with E-state index in [1.807, 2.05) is 0 Å². The van der Waals surface area contributed by atoms with Gasteiger partial charge in [-0.15, -0.1) is 0 Å². The topological polar surface area (TPSA) is 43.1 Å². The summed E-state index contributed by atoms with van der Waals surface area (Å²) in [5, 5.41) is 0. The first-order valence-electron chi connectivity index (χ1n) is 5.19. The second-order valence-electron chi connectivity index (χ2n) is 4.78. The fraction of sp³-hybridized carbons (Fsp3) is 0.417. The molecule has 0 aromatic heterocycles. The number of hydrogen-bond acceptors (Lipinski definition) is 2. The molecular weight excluding hydrogens is 250 g/mol. The summed E-state index contributed by atoms with van der Waals surface area (Å²) in [7, 11) is 0. The largest absolute Gasteiger partial charge is 0.419 e. The zero-order chi connectivity index (χ0) is 14.1. The normalized spacial score (nSPS) is 12.6. The summed E-state index contributed by atoms with van der Waals surface area (Å²) < 4.78 is 50.2. The fourth-order valence-corrected chi connectivity index (χ4v) is 1.43. The van der Waals surface area contributed by atoms with Crippen LogP contribution in [0, 0.1) is 5.82 Å². The molecule has 0 saturated heterocycles. The van der Waals surface area contributed by atoms with Gasteiger partial charge >= 0.3 is 6.18 Å². The summed E-state index contributed by atoms with van der Waals surface area (Å²) in [6.07, 6.45) is -4.84. The van der Waals surface area contributed by atoms with E-state index in [-0.39, 0.29) is 12.0 Å². The molecule has 0 aliphatic carbocycles. The highest BCUT2D eigenvalue weighted by Crippen LogP contribution is 2.31. The Morgan fingerprint density at radius 2 is 1.83 bits per heavy atom. The van der Waals surface area contributed by atoms with Gasteiger partial charge in [-0.25, -0.2) is 4.39 Å². The second kappa shape index (κ2) is 4.68. The lowest BCUT2D eigenvalue weighted by molar-refractivity contribution is -0.140. The van der Waals surface area contributed by atoms with Crippen LogP contribution in [-0.4, -0.2) is 11.3 Å². The number of carbonyl (C=O) groups excluding carboxylic acids is 1. The smallest absolute Gasteiger partial charge is 0.325 e. The average molecular weight is 263 g/mol. The molecule has 2 nitrogen and oxygen atoms in total. The Kier molecular flexibility index (Phi) is 3.81. The molecule has 0 heterocycles. The van der Waals surface area contributed by atoms with Gasteiger partial charge in [0.2, 0.25) is 0 Å². The number of hydrogen-bond donors (Lipinski definition) is 1. The van der Waals surface area contributed by atoms with Crippen LogP contribution < -0.4 is 5.73 Å². The fourth-order valence-electron chi connectivity index (χ4n) is 1.43. The maximum atomic E-state index is 13.2. The Labute approximate surface area is 102 Å². The molecule has 1 aromatic carbocycles. The highest BCUT2D eigenvalue weighted by molar-refractivity contribution is 5.96. The summed E-state index contributed by atoms with van der Waals surface area (Å²) >= 11 is 0. The minimum absolute atomic E-state index is 0.0716. The quantitative estimate of drug-likeness (QED) is 0.672. The van der Waals surface area contributed by atoms with Gasteiger partial charge in [0, 0.05) is 17.5 Å². The van der Waals surface area contributed by atoms with Crippen molar-refractivity contribution in [2.45, 2.75) is 32.0 Å². The number of rotatable bonds is 3. The lowest BCUT2D eigenvalue weighted by atomic mass is 9.95. The molecule has 0 radical (unpaired) electrons. The maximum absolute atomic E-state index is 13.2. The van der Waals surface area contributed by atoms with Crippen molar-refractivity contribution in [1.29, 1.82) is 0 Å². The van der Waals surface area contributed by atoms with E-state index < -0.39 is 28.9 Å². The van der Waals surface area contributed by atoms with Gasteiger partial charge in [0.1, 0.15) is 5.82 Å². The summed E-state index contributed by atoms with van der Waals surface area (Å²) in [6.45, 7) is 3.21. The third kappa shape index (κ3) is 3.80. The molecule has 0 aliphatic rings. The highest BCUT2D eigenvalue weighted by Gasteiger charge is 2.34. The van der Waals surface area contributed by atoms with Crippen molar-refractivity contribution in [3.8, 4) is 0 Å². The first-order valence-corrected chi connectivity index (χ1v) is 5.19. The third-order valence-corrected chi connectivity index (χ3v) is 2.21. The molecule has 0 fully saturated rings. The van der Waals surface area contributed by atoms with Crippen molar-refractivity contribution in [2.75, 3.05) is 0 Å². The van der Waals surface area contributed by atoms with Crippen molar-refractivity contribution < 1.29 is 22.4 Å². The Morgan fingerprint density at radius 3 is 2.22 bits per heavy atom. The van der Waals surface area contributed by atoms with Gasteiger partial charge in [-0.1, -0.05) is 6.07 Å². The molecule has 1 aromatic rings. The monoisotopic (exact) mass is 263 g/mol. The number of carbonyl (C=O) groups is 1. The summed E-state index contributed by atoms with van der Waals surface area (Å²) in [5.41, 5.74) is 3.33. The SMILES string of the molecule is CC(C)(N)CC(=O)c1ccc(C(F)(F)F)c(F)c1. The van der Waals surface area contributed by atoms with Gasteiger partial charge in [-0.2, -0.15) is 13.2 Å². The van der Waals surface area contributed by atoms with E-state index in [4.69, 9.17) is 5.73 Å². The predicted molar refractivity (Wildman–Crippen MR) is 58.6 cm³/mol. The van der Waals surface area contributed by atoms with Crippen LogP contribution in [0.2, 0.25) is 0 Å². The van der Waals surface area contributed by atoms with Crippen LogP contribution in [-0.2, 0) is 6.18 Å². The summed E-state index contributed by atoms with van der Waals surface area (Å²) in [6, 6.07) is 2.11. The van der Waals surface area contributed by atoms with Crippen LogP contribution >= 0.6 is 0 Å². The zero-order valence-electron chi connectivity index (χ0n) is 9.94. The van der Waals surface area contributed by atoms with Crippen LogP contribution in [0.5, 0.6) is 0 Å². The lowest BCUT2D eigenvalue weighted by Crippen LogP contribution is -2.34. The van der Waals surface area contributed by atoms with Crippen LogP contribution in [0.25, 0.3) is 0 Å². The van der Waals surface area contributed by atoms with Crippen molar-refractivity contribution in [3.05, 3.63) is 35.1 Å². The molecule has 0 saturated carbocycles. The van der Waals surface area contributed by atoms with E-state index in [9.17, 15) is 22.4 Å². The van der Waals surface area contributed by atoms with E-state index in [1.165, 1.54) is 0 Å². The number of nitrogens with two attached hydrogens (primary N) is 1. The Morgan fingerprint density at radius 1 is 1.28 bits per heavy atom. The lowest BCUT2D eigenvalue weighted by Gasteiger charge is -2.17. The standard InChI is InChI=1S/C12H13F4NO/c1-11(2,17)6-10(18)7-3-4-8(9(13)5-7)12(14,15)16/h3-5H,6,17H2,1-2H3. The first kappa shape index (κ1) is 14.6. The number of halogens is 4. The molecule has 100 valence electrons. The molecule has 0 bridgehead atoms. The maximum Gasteiger partial charge on any atom is 0.419 e. The van der Waals surface area contributed by atoms with Gasteiger partial charge in [0.05, 0.1) is 5.56 Å². The molecule has 1 rings (SSSR count). The Bertz CT molecular complexity index is 460. The van der Waals surface area contributed by atoms with Crippen molar-refractivity contribution >= 4 is 5.78 Å². The van der Waals surface area contributed by atoms with Gasteiger partial charge in [0.25, 0.3) is 0 Å². The number of benzene rings is 1. The minimum Gasteiger partial charge on any atom is -0.325 e. The summed E-state index contributed by atoms with van der Waals surface area (Å²) in [5.74, 6) is -1.95. The second-order valence-corrected chi connectivity index (χ2v) is 4.78. The van der Waals surface area contributed by atoms with Crippen LogP contribution in [0.15, 0.2) is 18.2 Å². The van der Waals surface area contributed by atoms with Gasteiger partial charge in [0.15, 0.2) is 5.78 Å². The van der Waals surface area contributed by atoms with Crippen LogP contribution in [0.3, 0.4) is 0 Å². The molecular formula is C12H13F4NO. The molecule has 6 heteroatoms. The summed E-state index contributed by atoms with van der Waals surface area (Å²) in [4.78, 5) is 11.6. The average Bonchev–Trinajstić information content (AvgIpc) is 2.12. The van der Waals surface area contributed by atoms with Gasteiger partial charge in [-0.3, -0.25) is 4.79 Å². The Balaban J connectivity index is 3.02. The van der Waals surface area contributed by atoms with E-state index in [0.29, 0.717) is 12.1 Å². The van der Waals surface area contributed by atoms with E-state index in [2.05, 4.69) is 0 Å². The molecule has 0 atom stereocenters. The molecule has 0 unspecified atom stereocenters. The molecule has 0 amide bonds. The predicted octanol–water partition coefficient (Wildman–Crippen LogP) is 3.15. The third-order valence-electron chi connectivity index (χ3n) is 2.21. The number of alkyl halides is 3. The molecule has 0 spiro atoms. The molecule has 18 heavy (non-hydrogen) atoms. The highest BCUT2D eigenvalue weighted by atomic mass is 19.4. The van der Waals surface area contributed by atoms with Crippen molar-refractivity contribution in [2.24, 2.45) is 5.73 Å². The molecule has 0 aliphatic heterocycles. The van der Waals surface area contributed by atoms with Crippen molar-refractivity contribution in [3.63, 3.8) is 0 Å². The van der Waals surface area contributed by atoms with E-state index in [1.54, 1.807) is 13.8 Å². The minimum atomic E-state index is -4.77. The first-order chi connectivity index (χ1) is 8.00. The van der Waals surface area contributed by atoms with E-state index >= 15 is 0 Å². The van der Waals surface area contributed by atoms with Gasteiger partial charge < -0.3 is 5.73 Å². The Hall–Kier alpha value is -1.43.